The van der Waals surface area contributed by atoms with Gasteiger partial charge in [-0.25, -0.2) is 0 Å². The fraction of sp³-hybridized carbons (Fsp3) is 0.103. The molecule has 0 fully saturated rings. The van der Waals surface area contributed by atoms with Gasteiger partial charge in [-0.1, -0.05) is 54.6 Å². The Labute approximate surface area is 228 Å². The van der Waals surface area contributed by atoms with Gasteiger partial charge in [0.25, 0.3) is 5.91 Å². The van der Waals surface area contributed by atoms with Crippen LogP contribution in [-0.4, -0.2) is 17.7 Å². The normalized spacial score (nSPS) is 11.2. The largest absolute Gasteiger partial charge is 0.326 e. The van der Waals surface area contributed by atoms with E-state index in [-0.39, 0.29) is 23.3 Å². The molecule has 0 aliphatic rings. The second-order valence-corrected chi connectivity index (χ2v) is 10.5. The van der Waals surface area contributed by atoms with Crippen LogP contribution < -0.4 is 16.0 Å². The number of rotatable bonds is 8. The van der Waals surface area contributed by atoms with Gasteiger partial charge in [0, 0.05) is 23.2 Å². The molecule has 0 bridgehead atoms. The molecule has 0 aliphatic carbocycles. The summed E-state index contributed by atoms with van der Waals surface area (Å²) in [5.74, 6) is -0.868. The number of anilines is 3. The van der Waals surface area contributed by atoms with Crippen LogP contribution in [0.15, 0.2) is 89.8 Å². The van der Waals surface area contributed by atoms with Crippen LogP contribution >= 0.6 is 23.1 Å². The van der Waals surface area contributed by atoms with Crippen molar-refractivity contribution < 1.29 is 14.4 Å². The van der Waals surface area contributed by atoms with Gasteiger partial charge in [0.15, 0.2) is 0 Å². The van der Waals surface area contributed by atoms with E-state index in [0.29, 0.717) is 26.8 Å². The highest BCUT2D eigenvalue weighted by molar-refractivity contribution is 8.00. The first-order valence-electron chi connectivity index (χ1n) is 11.7. The Hall–Kier alpha value is -4.39. The first-order chi connectivity index (χ1) is 18.4. The minimum absolute atomic E-state index is 0.186. The highest BCUT2D eigenvalue weighted by atomic mass is 32.2. The third-order valence-corrected chi connectivity index (χ3v) is 7.94. The van der Waals surface area contributed by atoms with Gasteiger partial charge in [-0.3, -0.25) is 14.4 Å². The summed E-state index contributed by atoms with van der Waals surface area (Å²) in [5.41, 5.74) is 2.80. The summed E-state index contributed by atoms with van der Waals surface area (Å²) in [6.07, 6.45) is 0. The lowest BCUT2D eigenvalue weighted by Gasteiger charge is -2.17. The van der Waals surface area contributed by atoms with E-state index < -0.39 is 5.25 Å². The molecule has 4 rings (SSSR count). The summed E-state index contributed by atoms with van der Waals surface area (Å²) < 4.78 is 0. The molecule has 1 heterocycles. The summed E-state index contributed by atoms with van der Waals surface area (Å²) in [5, 5.41) is 18.0. The molecule has 0 aliphatic heterocycles. The predicted molar refractivity (Wildman–Crippen MR) is 153 cm³/mol. The second-order valence-electron chi connectivity index (χ2n) is 8.30. The molecule has 0 radical (unpaired) electrons. The summed E-state index contributed by atoms with van der Waals surface area (Å²) in [6, 6.07) is 27.7. The Morgan fingerprint density at radius 2 is 1.53 bits per heavy atom. The maximum absolute atomic E-state index is 13.6. The Kier molecular flexibility index (Phi) is 8.58. The van der Waals surface area contributed by atoms with Crippen LogP contribution in [0.3, 0.4) is 0 Å². The van der Waals surface area contributed by atoms with E-state index in [1.54, 1.807) is 31.2 Å². The number of para-hydroxylation sites is 1. The molecule has 1 atom stereocenters. The predicted octanol–water partition coefficient (Wildman–Crippen LogP) is 6.61. The van der Waals surface area contributed by atoms with Crippen molar-refractivity contribution in [3.63, 3.8) is 0 Å². The number of carbonyl (C=O) groups is 3. The van der Waals surface area contributed by atoms with Crippen LogP contribution in [0.4, 0.5) is 16.4 Å². The molecule has 0 saturated heterocycles. The number of benzene rings is 3. The Balaban J connectivity index is 1.61. The Bertz CT molecular complexity index is 1510. The van der Waals surface area contributed by atoms with Crippen LogP contribution in [0.1, 0.15) is 38.5 Å². The average Bonchev–Trinajstić information content (AvgIpc) is 3.22. The van der Waals surface area contributed by atoms with Crippen molar-refractivity contribution in [2.45, 2.75) is 24.0 Å². The average molecular weight is 541 g/mol. The number of thioether (sulfide) groups is 1. The molecule has 1 aromatic heterocycles. The van der Waals surface area contributed by atoms with Gasteiger partial charge in [-0.05, 0) is 48.4 Å². The second kappa shape index (κ2) is 12.2. The van der Waals surface area contributed by atoms with E-state index in [9.17, 15) is 19.6 Å². The van der Waals surface area contributed by atoms with Crippen LogP contribution in [0.25, 0.3) is 0 Å². The van der Waals surface area contributed by atoms with E-state index in [1.165, 1.54) is 18.7 Å². The molecule has 190 valence electrons. The van der Waals surface area contributed by atoms with Crippen LogP contribution in [0.2, 0.25) is 0 Å². The summed E-state index contributed by atoms with van der Waals surface area (Å²) in [7, 11) is 0. The highest BCUT2D eigenvalue weighted by Gasteiger charge is 2.26. The number of amides is 3. The maximum atomic E-state index is 13.6. The lowest BCUT2D eigenvalue weighted by molar-refractivity contribution is -0.116. The summed E-state index contributed by atoms with van der Waals surface area (Å²) >= 11 is 2.39. The minimum atomic E-state index is -0.653. The third-order valence-electron chi connectivity index (χ3n) is 5.48. The smallest absolute Gasteiger partial charge is 0.266 e. The van der Waals surface area contributed by atoms with E-state index >= 15 is 0 Å². The standard InChI is InChI=1S/C29H24N4O3S2/c1-18-24(17-30)29(38-25(18)27(35)32-21-12-7-4-8-13-21)33-28(36)26(20-10-5-3-6-11-20)37-23-15-9-14-22(16-23)31-19(2)34/h3-16,26H,1-2H3,(H,31,34)(H,32,35)(H,33,36). The molecule has 3 aromatic carbocycles. The van der Waals surface area contributed by atoms with Crippen LogP contribution in [-0.2, 0) is 9.59 Å². The van der Waals surface area contributed by atoms with Gasteiger partial charge in [0.1, 0.15) is 16.3 Å². The van der Waals surface area contributed by atoms with Gasteiger partial charge in [-0.15, -0.1) is 23.1 Å². The van der Waals surface area contributed by atoms with Gasteiger partial charge in [0.2, 0.25) is 11.8 Å². The van der Waals surface area contributed by atoms with Gasteiger partial charge in [-0.2, -0.15) is 5.26 Å². The SMILES string of the molecule is CC(=O)Nc1cccc(SC(C(=O)Nc2sc(C(=O)Nc3ccccc3)c(C)c2C#N)c2ccccc2)c1. The highest BCUT2D eigenvalue weighted by Crippen LogP contribution is 2.39. The maximum Gasteiger partial charge on any atom is 0.266 e. The molecule has 38 heavy (non-hydrogen) atoms. The fourth-order valence-corrected chi connectivity index (χ4v) is 5.87. The number of hydrogen-bond acceptors (Lipinski definition) is 6. The zero-order valence-corrected chi connectivity index (χ0v) is 22.3. The monoisotopic (exact) mass is 540 g/mol. The summed E-state index contributed by atoms with van der Waals surface area (Å²) in [6.45, 7) is 3.13. The number of nitrogens with one attached hydrogen (secondary N) is 3. The van der Waals surface area contributed by atoms with Crippen molar-refractivity contribution in [2.75, 3.05) is 16.0 Å². The number of thiophene rings is 1. The first kappa shape index (κ1) is 26.7. The van der Waals surface area contributed by atoms with Crippen molar-refractivity contribution in [1.29, 1.82) is 5.26 Å². The topological polar surface area (TPSA) is 111 Å². The molecular formula is C29H24N4O3S2. The zero-order valence-electron chi connectivity index (χ0n) is 20.6. The van der Waals surface area contributed by atoms with E-state index in [4.69, 9.17) is 0 Å². The third kappa shape index (κ3) is 6.48. The van der Waals surface area contributed by atoms with Gasteiger partial charge in [0.05, 0.1) is 10.4 Å². The van der Waals surface area contributed by atoms with E-state index in [2.05, 4.69) is 22.0 Å². The molecule has 4 aromatic rings. The van der Waals surface area contributed by atoms with Gasteiger partial charge < -0.3 is 16.0 Å². The molecular weight excluding hydrogens is 516 g/mol. The van der Waals surface area contributed by atoms with Crippen molar-refractivity contribution in [3.05, 3.63) is 106 Å². The van der Waals surface area contributed by atoms with Crippen LogP contribution in [0, 0.1) is 18.3 Å². The van der Waals surface area contributed by atoms with Crippen molar-refractivity contribution in [3.8, 4) is 6.07 Å². The fourth-order valence-electron chi connectivity index (χ4n) is 3.73. The Morgan fingerprint density at radius 3 is 2.18 bits per heavy atom. The summed E-state index contributed by atoms with van der Waals surface area (Å²) in [4.78, 5) is 39.2. The number of hydrogen-bond donors (Lipinski definition) is 3. The van der Waals surface area contributed by atoms with Gasteiger partial charge >= 0.3 is 0 Å². The van der Waals surface area contributed by atoms with E-state index in [1.807, 2.05) is 60.7 Å². The number of nitriles is 1. The molecule has 9 heteroatoms. The quantitative estimate of drug-likeness (QED) is 0.218. The van der Waals surface area contributed by atoms with Crippen molar-refractivity contribution in [1.82, 2.24) is 0 Å². The lowest BCUT2D eigenvalue weighted by Crippen LogP contribution is -2.19. The number of carbonyl (C=O) groups excluding carboxylic acids is 3. The van der Waals surface area contributed by atoms with Crippen LogP contribution in [0.5, 0.6) is 0 Å². The van der Waals surface area contributed by atoms with Crippen molar-refractivity contribution in [2.24, 2.45) is 0 Å². The molecule has 3 amide bonds. The molecule has 0 spiro atoms. The zero-order chi connectivity index (χ0) is 27.1. The molecule has 0 saturated carbocycles. The molecule has 7 nitrogen and oxygen atoms in total. The Morgan fingerprint density at radius 1 is 0.868 bits per heavy atom. The van der Waals surface area contributed by atoms with Crippen molar-refractivity contribution >= 4 is 57.2 Å². The van der Waals surface area contributed by atoms with E-state index in [0.717, 1.165) is 21.8 Å². The molecule has 3 N–H and O–H groups in total. The molecule has 1 unspecified atom stereocenters. The number of nitrogens with zero attached hydrogens (tertiary/aromatic N) is 1. The first-order valence-corrected chi connectivity index (χ1v) is 13.4. The minimum Gasteiger partial charge on any atom is -0.326 e. The lowest BCUT2D eigenvalue weighted by atomic mass is 10.1.